The summed E-state index contributed by atoms with van der Waals surface area (Å²) in [6.07, 6.45) is 1.64. The van der Waals surface area contributed by atoms with Gasteiger partial charge in [-0.25, -0.2) is 4.98 Å². The Balaban J connectivity index is 1.44. The summed E-state index contributed by atoms with van der Waals surface area (Å²) in [7, 11) is 0. The van der Waals surface area contributed by atoms with Crippen molar-refractivity contribution in [1.82, 2.24) is 14.9 Å². The molecule has 2 amide bonds. The number of aromatic nitrogens is 2. The number of amides is 2. The SMILES string of the molecule is O=C1NC(=O)/C(=C\c2ccc(OCc3nc4ccccc4c(=O)n3-c3cccc(Br)c3)cc2)S1. The van der Waals surface area contributed by atoms with Gasteiger partial charge in [0.2, 0.25) is 0 Å². The summed E-state index contributed by atoms with van der Waals surface area (Å²) in [6, 6.07) is 21.7. The van der Waals surface area contributed by atoms with Crippen molar-refractivity contribution in [3.8, 4) is 11.4 Å². The summed E-state index contributed by atoms with van der Waals surface area (Å²) in [6.45, 7) is 0.0692. The van der Waals surface area contributed by atoms with Crippen molar-refractivity contribution >= 4 is 55.8 Å². The third kappa shape index (κ3) is 4.52. The second-order valence-electron chi connectivity index (χ2n) is 7.38. The molecule has 1 aromatic heterocycles. The van der Waals surface area contributed by atoms with E-state index in [4.69, 9.17) is 9.72 Å². The molecule has 7 nitrogen and oxygen atoms in total. The van der Waals surface area contributed by atoms with E-state index < -0.39 is 5.91 Å². The van der Waals surface area contributed by atoms with E-state index in [0.717, 1.165) is 21.8 Å². The van der Waals surface area contributed by atoms with E-state index in [1.165, 1.54) is 0 Å². The number of hydrogen-bond acceptors (Lipinski definition) is 6. The zero-order valence-corrected chi connectivity index (χ0v) is 19.9. The van der Waals surface area contributed by atoms with Gasteiger partial charge in [0.1, 0.15) is 12.4 Å². The smallest absolute Gasteiger partial charge is 0.290 e. The molecule has 5 rings (SSSR count). The highest BCUT2D eigenvalue weighted by atomic mass is 79.9. The lowest BCUT2D eigenvalue weighted by Crippen LogP contribution is -2.25. The number of benzene rings is 3. The predicted molar refractivity (Wildman–Crippen MR) is 135 cm³/mol. The van der Waals surface area contributed by atoms with Crippen LogP contribution in [-0.4, -0.2) is 20.7 Å². The van der Waals surface area contributed by atoms with Gasteiger partial charge in [-0.1, -0.05) is 46.3 Å². The molecule has 0 aliphatic carbocycles. The highest BCUT2D eigenvalue weighted by molar-refractivity contribution is 9.10. The quantitative estimate of drug-likeness (QED) is 0.361. The van der Waals surface area contributed by atoms with Crippen LogP contribution in [0.25, 0.3) is 22.7 Å². The Labute approximate surface area is 206 Å². The molecule has 0 unspecified atom stereocenters. The number of ether oxygens (including phenoxy) is 1. The highest BCUT2D eigenvalue weighted by Gasteiger charge is 2.24. The minimum absolute atomic E-state index is 0.0692. The molecule has 0 radical (unpaired) electrons. The summed E-state index contributed by atoms with van der Waals surface area (Å²) >= 11 is 4.33. The van der Waals surface area contributed by atoms with Crippen LogP contribution >= 0.6 is 27.7 Å². The Morgan fingerprint density at radius 2 is 1.79 bits per heavy atom. The van der Waals surface area contributed by atoms with Crippen molar-refractivity contribution in [2.24, 2.45) is 0 Å². The molecule has 1 aliphatic heterocycles. The van der Waals surface area contributed by atoms with Crippen molar-refractivity contribution < 1.29 is 14.3 Å². The van der Waals surface area contributed by atoms with Crippen LogP contribution in [0.5, 0.6) is 5.75 Å². The minimum Gasteiger partial charge on any atom is -0.486 e. The normalized spacial score (nSPS) is 14.6. The van der Waals surface area contributed by atoms with Crippen molar-refractivity contribution in [3.05, 3.63) is 104 Å². The minimum atomic E-state index is -0.400. The zero-order chi connectivity index (χ0) is 23.7. The van der Waals surface area contributed by atoms with E-state index in [2.05, 4.69) is 21.2 Å². The van der Waals surface area contributed by atoms with E-state index in [0.29, 0.717) is 33.1 Å². The first kappa shape index (κ1) is 22.1. The largest absolute Gasteiger partial charge is 0.486 e. The molecular formula is C25H16BrN3O4S. The molecule has 1 fully saturated rings. The van der Waals surface area contributed by atoms with E-state index in [1.54, 1.807) is 47.0 Å². The summed E-state index contributed by atoms with van der Waals surface area (Å²) in [5.74, 6) is 0.638. The van der Waals surface area contributed by atoms with Gasteiger partial charge in [0, 0.05) is 4.47 Å². The van der Waals surface area contributed by atoms with Gasteiger partial charge in [0.25, 0.3) is 16.7 Å². The number of carbonyl (C=O) groups is 2. The van der Waals surface area contributed by atoms with Crippen molar-refractivity contribution in [1.29, 1.82) is 0 Å². The number of thioether (sulfide) groups is 1. The molecule has 1 aliphatic rings. The van der Waals surface area contributed by atoms with Crippen molar-refractivity contribution in [2.45, 2.75) is 6.61 Å². The average molecular weight is 534 g/mol. The lowest BCUT2D eigenvalue weighted by Gasteiger charge is -2.15. The number of rotatable bonds is 5. The maximum atomic E-state index is 13.3. The van der Waals surface area contributed by atoms with Crippen LogP contribution in [0.15, 0.2) is 87.0 Å². The number of carbonyl (C=O) groups excluding carboxylic acids is 2. The van der Waals surface area contributed by atoms with Gasteiger partial charge in [-0.3, -0.25) is 24.3 Å². The Morgan fingerprint density at radius 3 is 2.53 bits per heavy atom. The number of nitrogens with zero attached hydrogens (tertiary/aromatic N) is 2. The van der Waals surface area contributed by atoms with E-state index >= 15 is 0 Å². The number of hydrogen-bond donors (Lipinski definition) is 1. The predicted octanol–water partition coefficient (Wildman–Crippen LogP) is 5.05. The molecule has 0 bridgehead atoms. The van der Waals surface area contributed by atoms with E-state index in [-0.39, 0.29) is 17.4 Å². The van der Waals surface area contributed by atoms with Gasteiger partial charge in [-0.05, 0) is 65.9 Å². The topological polar surface area (TPSA) is 90.3 Å². The van der Waals surface area contributed by atoms with Gasteiger partial charge in [0.05, 0.1) is 21.5 Å². The molecule has 4 aromatic rings. The molecule has 1 saturated heterocycles. The van der Waals surface area contributed by atoms with Crippen LogP contribution in [0.2, 0.25) is 0 Å². The first-order chi connectivity index (χ1) is 16.5. The lowest BCUT2D eigenvalue weighted by atomic mass is 10.2. The van der Waals surface area contributed by atoms with Gasteiger partial charge in [-0.2, -0.15) is 0 Å². The number of fused-ring (bicyclic) bond motifs is 1. The van der Waals surface area contributed by atoms with Crippen LogP contribution in [0.1, 0.15) is 11.4 Å². The first-order valence-corrected chi connectivity index (χ1v) is 11.8. The molecule has 34 heavy (non-hydrogen) atoms. The summed E-state index contributed by atoms with van der Waals surface area (Å²) < 4.78 is 8.36. The second kappa shape index (κ2) is 9.28. The number of imide groups is 1. The van der Waals surface area contributed by atoms with Crippen LogP contribution in [-0.2, 0) is 11.4 Å². The zero-order valence-electron chi connectivity index (χ0n) is 17.5. The monoisotopic (exact) mass is 533 g/mol. The van der Waals surface area contributed by atoms with Gasteiger partial charge < -0.3 is 4.74 Å². The highest BCUT2D eigenvalue weighted by Crippen LogP contribution is 2.26. The fraction of sp³-hybridized carbons (Fsp3) is 0.0400. The third-order valence-electron chi connectivity index (χ3n) is 5.10. The Morgan fingerprint density at radius 1 is 1.00 bits per heavy atom. The Kier molecular flexibility index (Phi) is 6.04. The number of para-hydroxylation sites is 1. The van der Waals surface area contributed by atoms with E-state index in [1.807, 2.05) is 36.4 Å². The molecule has 3 aromatic carbocycles. The standard InChI is InChI=1S/C25H16BrN3O4S/c26-16-4-3-5-17(13-16)29-22(27-20-7-2-1-6-19(20)24(29)31)14-33-18-10-8-15(9-11-18)12-21-23(30)28-25(32)34-21/h1-13H,14H2,(H,28,30,32)/b21-12+. The fourth-order valence-electron chi connectivity index (χ4n) is 3.54. The summed E-state index contributed by atoms with van der Waals surface area (Å²) in [4.78, 5) is 41.4. The summed E-state index contributed by atoms with van der Waals surface area (Å²) in [5.41, 5.74) is 1.86. The maximum Gasteiger partial charge on any atom is 0.290 e. The van der Waals surface area contributed by atoms with Gasteiger partial charge in [-0.15, -0.1) is 0 Å². The number of nitrogens with one attached hydrogen (secondary N) is 1. The third-order valence-corrected chi connectivity index (χ3v) is 6.40. The molecule has 168 valence electrons. The Bertz CT molecular complexity index is 1530. The molecular weight excluding hydrogens is 518 g/mol. The second-order valence-corrected chi connectivity index (χ2v) is 9.31. The van der Waals surface area contributed by atoms with Crippen LogP contribution in [0.4, 0.5) is 4.79 Å². The molecule has 9 heteroatoms. The van der Waals surface area contributed by atoms with Crippen LogP contribution in [0.3, 0.4) is 0 Å². The molecule has 0 saturated carbocycles. The van der Waals surface area contributed by atoms with Crippen LogP contribution < -0.4 is 15.6 Å². The van der Waals surface area contributed by atoms with Gasteiger partial charge in [0.15, 0.2) is 5.82 Å². The molecule has 2 heterocycles. The van der Waals surface area contributed by atoms with Gasteiger partial charge >= 0.3 is 0 Å². The maximum absolute atomic E-state index is 13.3. The molecule has 1 N–H and O–H groups in total. The fourth-order valence-corrected chi connectivity index (χ4v) is 4.61. The van der Waals surface area contributed by atoms with E-state index in [9.17, 15) is 14.4 Å². The van der Waals surface area contributed by atoms with Crippen LogP contribution in [0, 0.1) is 0 Å². The lowest BCUT2D eigenvalue weighted by molar-refractivity contribution is -0.115. The Hall–Kier alpha value is -3.69. The summed E-state index contributed by atoms with van der Waals surface area (Å²) in [5, 5.41) is 2.38. The first-order valence-electron chi connectivity index (χ1n) is 10.2. The molecule has 0 atom stereocenters. The average Bonchev–Trinajstić information content (AvgIpc) is 3.15. The number of halogens is 1. The molecule has 0 spiro atoms. The van der Waals surface area contributed by atoms with Crippen molar-refractivity contribution in [2.75, 3.05) is 0 Å². The van der Waals surface area contributed by atoms with Crippen molar-refractivity contribution in [3.63, 3.8) is 0 Å².